The normalized spacial score (nSPS) is 23.4. The van der Waals surface area contributed by atoms with Gasteiger partial charge in [-0.1, -0.05) is 19.1 Å². The third-order valence-corrected chi connectivity index (χ3v) is 5.47. The molecule has 1 atom stereocenters. The third kappa shape index (κ3) is 4.73. The van der Waals surface area contributed by atoms with E-state index in [0.29, 0.717) is 5.25 Å². The molecule has 1 aromatic carbocycles. The van der Waals surface area contributed by atoms with Crippen molar-refractivity contribution in [3.63, 3.8) is 0 Å². The average molecular weight is 308 g/mol. The summed E-state index contributed by atoms with van der Waals surface area (Å²) < 4.78 is 6.20. The highest BCUT2D eigenvalue weighted by molar-refractivity contribution is 8.00. The van der Waals surface area contributed by atoms with Crippen LogP contribution >= 0.6 is 11.8 Å². The van der Waals surface area contributed by atoms with Crippen molar-refractivity contribution < 1.29 is 4.74 Å². The summed E-state index contributed by atoms with van der Waals surface area (Å²) in [6.45, 7) is 13.1. The van der Waals surface area contributed by atoms with Crippen LogP contribution in [0.4, 0.5) is 0 Å². The smallest absolute Gasteiger partial charge is 0.0756 e. The summed E-state index contributed by atoms with van der Waals surface area (Å²) in [4.78, 5) is 1.35. The molecule has 1 N–H and O–H groups in total. The van der Waals surface area contributed by atoms with Crippen molar-refractivity contribution >= 4 is 11.8 Å². The number of thioether (sulfide) groups is 1. The van der Waals surface area contributed by atoms with Gasteiger partial charge in [-0.05, 0) is 64.8 Å². The van der Waals surface area contributed by atoms with E-state index >= 15 is 0 Å². The molecule has 1 fully saturated rings. The van der Waals surface area contributed by atoms with Crippen molar-refractivity contribution in [1.82, 2.24) is 5.32 Å². The summed E-state index contributed by atoms with van der Waals surface area (Å²) in [7, 11) is 0. The summed E-state index contributed by atoms with van der Waals surface area (Å²) in [5.41, 5.74) is 1.29. The van der Waals surface area contributed by atoms with Crippen LogP contribution in [-0.4, -0.2) is 23.0 Å². The highest BCUT2D eigenvalue weighted by Gasteiger charge is 2.46. The van der Waals surface area contributed by atoms with Gasteiger partial charge in [0.2, 0.25) is 0 Å². The first-order chi connectivity index (χ1) is 9.82. The number of benzene rings is 1. The SMILES string of the molecule is CCCNCc1cccc(SC2CC(C)(C)OC2(C)C)c1. The molecule has 1 aliphatic rings. The minimum absolute atomic E-state index is 0.0124. The van der Waals surface area contributed by atoms with Gasteiger partial charge in [0.15, 0.2) is 0 Å². The molecule has 0 amide bonds. The first-order valence-corrected chi connectivity index (χ1v) is 8.87. The molecule has 2 nitrogen and oxygen atoms in total. The molecule has 0 aliphatic carbocycles. The molecule has 118 valence electrons. The van der Waals surface area contributed by atoms with Crippen LogP contribution in [0.3, 0.4) is 0 Å². The van der Waals surface area contributed by atoms with Gasteiger partial charge in [0.05, 0.1) is 11.2 Å². The maximum absolute atomic E-state index is 6.20. The number of rotatable bonds is 6. The monoisotopic (exact) mass is 307 g/mol. The van der Waals surface area contributed by atoms with Gasteiger partial charge in [0.25, 0.3) is 0 Å². The van der Waals surface area contributed by atoms with Crippen LogP contribution in [0.15, 0.2) is 29.2 Å². The third-order valence-electron chi connectivity index (χ3n) is 3.92. The first-order valence-electron chi connectivity index (χ1n) is 7.99. The van der Waals surface area contributed by atoms with E-state index in [9.17, 15) is 0 Å². The number of nitrogens with one attached hydrogen (secondary N) is 1. The van der Waals surface area contributed by atoms with Crippen LogP contribution in [0, 0.1) is 0 Å². The van der Waals surface area contributed by atoms with Gasteiger partial charge in [0.1, 0.15) is 0 Å². The van der Waals surface area contributed by atoms with Crippen molar-refractivity contribution in [1.29, 1.82) is 0 Å². The van der Waals surface area contributed by atoms with E-state index in [1.807, 2.05) is 11.8 Å². The van der Waals surface area contributed by atoms with Crippen molar-refractivity contribution in [2.45, 2.75) is 75.4 Å². The number of hydrogen-bond donors (Lipinski definition) is 1. The Balaban J connectivity index is 2.01. The van der Waals surface area contributed by atoms with Crippen molar-refractivity contribution in [2.24, 2.45) is 0 Å². The molecule has 0 bridgehead atoms. The lowest BCUT2D eigenvalue weighted by Gasteiger charge is -2.27. The minimum Gasteiger partial charge on any atom is -0.368 e. The summed E-state index contributed by atoms with van der Waals surface area (Å²) >= 11 is 1.96. The molecule has 1 saturated heterocycles. The summed E-state index contributed by atoms with van der Waals surface area (Å²) in [6, 6.07) is 8.90. The molecular weight excluding hydrogens is 278 g/mol. The highest BCUT2D eigenvalue weighted by Crippen LogP contribution is 2.46. The van der Waals surface area contributed by atoms with Crippen LogP contribution in [-0.2, 0) is 11.3 Å². The Morgan fingerprint density at radius 1 is 1.29 bits per heavy atom. The zero-order chi connectivity index (χ0) is 15.5. The second-order valence-electron chi connectivity index (χ2n) is 7.10. The van der Waals surface area contributed by atoms with Gasteiger partial charge >= 0.3 is 0 Å². The summed E-state index contributed by atoms with van der Waals surface area (Å²) in [5, 5.41) is 3.97. The Morgan fingerprint density at radius 2 is 2.05 bits per heavy atom. The quantitative estimate of drug-likeness (QED) is 0.775. The first kappa shape index (κ1) is 16.9. The Hall–Kier alpha value is -0.510. The fourth-order valence-electron chi connectivity index (χ4n) is 3.00. The maximum Gasteiger partial charge on any atom is 0.0756 e. The largest absolute Gasteiger partial charge is 0.368 e. The zero-order valence-electron chi connectivity index (χ0n) is 14.0. The van der Waals surface area contributed by atoms with Crippen LogP contribution in [0.2, 0.25) is 0 Å². The van der Waals surface area contributed by atoms with Gasteiger partial charge < -0.3 is 10.1 Å². The molecular formula is C18H29NOS. The topological polar surface area (TPSA) is 21.3 Å². The fourth-order valence-corrected chi connectivity index (χ4v) is 4.52. The average Bonchev–Trinajstić information content (AvgIpc) is 2.58. The van der Waals surface area contributed by atoms with Gasteiger partial charge in [-0.3, -0.25) is 0 Å². The minimum atomic E-state index is -0.0648. The van der Waals surface area contributed by atoms with Gasteiger partial charge in [0, 0.05) is 16.7 Å². The van der Waals surface area contributed by atoms with Gasteiger partial charge in [-0.15, -0.1) is 11.8 Å². The van der Waals surface area contributed by atoms with E-state index in [1.165, 1.54) is 16.9 Å². The van der Waals surface area contributed by atoms with Crippen molar-refractivity contribution in [3.05, 3.63) is 29.8 Å². The van der Waals surface area contributed by atoms with Crippen molar-refractivity contribution in [2.75, 3.05) is 6.54 Å². The molecule has 2 rings (SSSR count). The number of hydrogen-bond acceptors (Lipinski definition) is 3. The number of ether oxygens (including phenoxy) is 1. The molecule has 21 heavy (non-hydrogen) atoms. The van der Waals surface area contributed by atoms with E-state index in [1.54, 1.807) is 0 Å². The molecule has 1 unspecified atom stereocenters. The summed E-state index contributed by atoms with van der Waals surface area (Å²) in [5.74, 6) is 0. The Labute approximate surface area is 134 Å². The predicted octanol–water partition coefficient (Wildman–Crippen LogP) is 4.62. The van der Waals surface area contributed by atoms with E-state index in [-0.39, 0.29) is 11.2 Å². The maximum atomic E-state index is 6.20. The molecule has 0 spiro atoms. The van der Waals surface area contributed by atoms with Crippen LogP contribution in [0.25, 0.3) is 0 Å². The van der Waals surface area contributed by atoms with Crippen LogP contribution in [0.1, 0.15) is 53.0 Å². The van der Waals surface area contributed by atoms with Gasteiger partial charge in [-0.25, -0.2) is 0 Å². The molecule has 3 heteroatoms. The lowest BCUT2D eigenvalue weighted by molar-refractivity contribution is -0.0631. The Kier molecular flexibility index (Phi) is 5.39. The fraction of sp³-hybridized carbons (Fsp3) is 0.667. The molecule has 0 saturated carbocycles. The second-order valence-corrected chi connectivity index (χ2v) is 8.38. The highest BCUT2D eigenvalue weighted by atomic mass is 32.2. The summed E-state index contributed by atoms with van der Waals surface area (Å²) in [6.07, 6.45) is 2.28. The molecule has 1 aliphatic heterocycles. The van der Waals surface area contributed by atoms with Crippen LogP contribution in [0.5, 0.6) is 0 Å². The van der Waals surface area contributed by atoms with E-state index in [2.05, 4.69) is 64.2 Å². The molecule has 1 heterocycles. The Morgan fingerprint density at radius 3 is 2.67 bits per heavy atom. The van der Waals surface area contributed by atoms with E-state index < -0.39 is 0 Å². The molecule has 0 radical (unpaired) electrons. The lowest BCUT2D eigenvalue weighted by atomic mass is 10.0. The predicted molar refractivity (Wildman–Crippen MR) is 91.9 cm³/mol. The standard InChI is InChI=1S/C18H29NOS/c1-6-10-19-13-14-8-7-9-15(11-14)21-16-12-17(2,3)20-18(16,4)5/h7-9,11,16,19H,6,10,12-13H2,1-5H3. The molecule has 1 aromatic rings. The lowest BCUT2D eigenvalue weighted by Crippen LogP contribution is -2.30. The Bertz CT molecular complexity index is 470. The van der Waals surface area contributed by atoms with E-state index in [0.717, 1.165) is 19.5 Å². The molecule has 0 aromatic heterocycles. The second kappa shape index (κ2) is 6.72. The van der Waals surface area contributed by atoms with Crippen molar-refractivity contribution in [3.8, 4) is 0 Å². The zero-order valence-corrected chi connectivity index (χ0v) is 14.8. The van der Waals surface area contributed by atoms with E-state index in [4.69, 9.17) is 4.74 Å². The van der Waals surface area contributed by atoms with Gasteiger partial charge in [-0.2, -0.15) is 0 Å². The van der Waals surface area contributed by atoms with Crippen LogP contribution < -0.4 is 5.32 Å².